The van der Waals surface area contributed by atoms with Crippen molar-refractivity contribution in [3.8, 4) is 0 Å². The van der Waals surface area contributed by atoms with E-state index in [4.69, 9.17) is 4.74 Å². The maximum Gasteiger partial charge on any atom is 0.225 e. The highest BCUT2D eigenvalue weighted by atomic mass is 16.5. The molecule has 0 aromatic rings. The van der Waals surface area contributed by atoms with Gasteiger partial charge < -0.3 is 24.5 Å². The second kappa shape index (κ2) is 8.61. The van der Waals surface area contributed by atoms with Gasteiger partial charge in [0.2, 0.25) is 5.91 Å². The Morgan fingerprint density at radius 3 is 2.58 bits per heavy atom. The van der Waals surface area contributed by atoms with E-state index in [1.807, 2.05) is 4.90 Å². The summed E-state index contributed by atoms with van der Waals surface area (Å²) in [5, 5.41) is 9.79. The molecule has 3 aliphatic heterocycles. The van der Waals surface area contributed by atoms with Gasteiger partial charge in [0.15, 0.2) is 0 Å². The normalized spacial score (nSPS) is 31.3. The zero-order valence-corrected chi connectivity index (χ0v) is 15.0. The van der Waals surface area contributed by atoms with Crippen molar-refractivity contribution in [2.45, 2.75) is 19.3 Å². The summed E-state index contributed by atoms with van der Waals surface area (Å²) >= 11 is 0. The van der Waals surface area contributed by atoms with Crippen molar-refractivity contribution in [1.29, 1.82) is 0 Å². The van der Waals surface area contributed by atoms with E-state index >= 15 is 0 Å². The Labute approximate surface area is 145 Å². The fourth-order valence-corrected chi connectivity index (χ4v) is 4.35. The van der Waals surface area contributed by atoms with Crippen molar-refractivity contribution in [2.75, 3.05) is 72.7 Å². The molecule has 0 bridgehead atoms. The number of rotatable bonds is 4. The average molecular weight is 339 g/mol. The molecule has 0 radical (unpaired) electrons. The summed E-state index contributed by atoms with van der Waals surface area (Å²) in [7, 11) is 2.18. The summed E-state index contributed by atoms with van der Waals surface area (Å²) in [4.78, 5) is 19.7. The van der Waals surface area contributed by atoms with Crippen molar-refractivity contribution in [2.24, 2.45) is 17.8 Å². The SMILES string of the molecule is CN1CCCN(CC2CN(C(=O)C3CCOCC3)CC2CO)CC1. The van der Waals surface area contributed by atoms with Crippen molar-refractivity contribution >= 4 is 5.91 Å². The van der Waals surface area contributed by atoms with Crippen LogP contribution in [0.15, 0.2) is 0 Å². The zero-order valence-electron chi connectivity index (χ0n) is 15.0. The Balaban J connectivity index is 1.54. The molecular formula is C18H33N3O3. The number of amides is 1. The highest BCUT2D eigenvalue weighted by molar-refractivity contribution is 5.79. The first-order chi connectivity index (χ1) is 11.7. The van der Waals surface area contributed by atoms with Crippen LogP contribution in [0.25, 0.3) is 0 Å². The maximum absolute atomic E-state index is 12.8. The number of ether oxygens (including phenoxy) is 1. The predicted molar refractivity (Wildman–Crippen MR) is 92.7 cm³/mol. The highest BCUT2D eigenvalue weighted by Crippen LogP contribution is 2.28. The Kier molecular flexibility index (Phi) is 6.49. The molecule has 6 nitrogen and oxygen atoms in total. The van der Waals surface area contributed by atoms with Gasteiger partial charge >= 0.3 is 0 Å². The number of aliphatic hydroxyl groups is 1. The first-order valence-electron chi connectivity index (χ1n) is 9.55. The lowest BCUT2D eigenvalue weighted by molar-refractivity contribution is -0.137. The monoisotopic (exact) mass is 339 g/mol. The summed E-state index contributed by atoms with van der Waals surface area (Å²) in [6.45, 7) is 8.66. The van der Waals surface area contributed by atoms with Crippen molar-refractivity contribution in [3.63, 3.8) is 0 Å². The van der Waals surface area contributed by atoms with Crippen LogP contribution in [0.2, 0.25) is 0 Å². The predicted octanol–water partition coefficient (Wildman–Crippen LogP) is 0.117. The summed E-state index contributed by atoms with van der Waals surface area (Å²) in [5.41, 5.74) is 0. The molecule has 0 spiro atoms. The van der Waals surface area contributed by atoms with E-state index in [9.17, 15) is 9.90 Å². The van der Waals surface area contributed by atoms with E-state index in [-0.39, 0.29) is 24.3 Å². The highest BCUT2D eigenvalue weighted by Gasteiger charge is 2.38. The van der Waals surface area contributed by atoms with Gasteiger partial charge in [-0.2, -0.15) is 0 Å². The van der Waals surface area contributed by atoms with Crippen molar-refractivity contribution in [3.05, 3.63) is 0 Å². The van der Waals surface area contributed by atoms with Gasteiger partial charge in [-0.3, -0.25) is 4.79 Å². The van der Waals surface area contributed by atoms with Gasteiger partial charge in [0, 0.05) is 64.4 Å². The van der Waals surface area contributed by atoms with Crippen LogP contribution in [0.4, 0.5) is 0 Å². The van der Waals surface area contributed by atoms with E-state index in [1.54, 1.807) is 0 Å². The fraction of sp³-hybridized carbons (Fsp3) is 0.944. The molecule has 3 fully saturated rings. The molecule has 2 unspecified atom stereocenters. The first-order valence-corrected chi connectivity index (χ1v) is 9.55. The minimum Gasteiger partial charge on any atom is -0.396 e. The van der Waals surface area contributed by atoms with Gasteiger partial charge in [0.1, 0.15) is 0 Å². The van der Waals surface area contributed by atoms with E-state index in [2.05, 4.69) is 16.8 Å². The number of hydrogen-bond acceptors (Lipinski definition) is 5. The molecule has 0 saturated carbocycles. The van der Waals surface area contributed by atoms with E-state index < -0.39 is 0 Å². The lowest BCUT2D eigenvalue weighted by Crippen LogP contribution is -2.38. The smallest absolute Gasteiger partial charge is 0.225 e. The third-order valence-electron chi connectivity index (χ3n) is 6.00. The number of carbonyl (C=O) groups excluding carboxylic acids is 1. The van der Waals surface area contributed by atoms with Gasteiger partial charge in [-0.05, 0) is 45.3 Å². The molecule has 1 N–H and O–H groups in total. The Hall–Kier alpha value is -0.690. The number of nitrogens with zero attached hydrogens (tertiary/aromatic N) is 3. The topological polar surface area (TPSA) is 56.2 Å². The fourth-order valence-electron chi connectivity index (χ4n) is 4.35. The van der Waals surface area contributed by atoms with Crippen LogP contribution in [-0.4, -0.2) is 98.4 Å². The molecule has 0 aromatic heterocycles. The van der Waals surface area contributed by atoms with E-state index in [0.29, 0.717) is 19.1 Å². The van der Waals surface area contributed by atoms with Crippen LogP contribution in [-0.2, 0) is 9.53 Å². The van der Waals surface area contributed by atoms with Crippen LogP contribution in [0.3, 0.4) is 0 Å². The summed E-state index contributed by atoms with van der Waals surface area (Å²) in [6, 6.07) is 0. The standard InChI is InChI=1S/C18H33N3O3/c1-19-5-2-6-20(8-7-19)11-16-12-21(13-17(16)14-22)18(23)15-3-9-24-10-4-15/h15-17,22H,2-14H2,1H3. The minimum absolute atomic E-state index is 0.128. The van der Waals surface area contributed by atoms with Gasteiger partial charge in [-0.25, -0.2) is 0 Å². The van der Waals surface area contributed by atoms with E-state index in [0.717, 1.165) is 52.1 Å². The molecule has 3 aliphatic rings. The van der Waals surface area contributed by atoms with E-state index in [1.165, 1.54) is 13.0 Å². The Morgan fingerprint density at radius 1 is 1.08 bits per heavy atom. The first kappa shape index (κ1) is 18.1. The summed E-state index contributed by atoms with van der Waals surface area (Å²) in [5.74, 6) is 1.05. The van der Waals surface area contributed by atoms with Gasteiger partial charge in [0.05, 0.1) is 0 Å². The van der Waals surface area contributed by atoms with Gasteiger partial charge in [-0.1, -0.05) is 0 Å². The number of hydrogen-bond donors (Lipinski definition) is 1. The minimum atomic E-state index is 0.128. The zero-order chi connectivity index (χ0) is 16.9. The molecule has 3 heterocycles. The van der Waals surface area contributed by atoms with Crippen LogP contribution in [0.1, 0.15) is 19.3 Å². The molecule has 1 amide bonds. The number of carbonyl (C=O) groups is 1. The maximum atomic E-state index is 12.8. The lowest BCUT2D eigenvalue weighted by atomic mass is 9.96. The summed E-state index contributed by atoms with van der Waals surface area (Å²) in [6.07, 6.45) is 2.90. The summed E-state index contributed by atoms with van der Waals surface area (Å²) < 4.78 is 5.38. The molecule has 138 valence electrons. The third-order valence-corrected chi connectivity index (χ3v) is 6.00. The average Bonchev–Trinajstić information content (AvgIpc) is 2.91. The van der Waals surface area contributed by atoms with Gasteiger partial charge in [0.25, 0.3) is 0 Å². The molecule has 3 saturated heterocycles. The molecule has 24 heavy (non-hydrogen) atoms. The van der Waals surface area contributed by atoms with Crippen LogP contribution >= 0.6 is 0 Å². The second-order valence-corrected chi connectivity index (χ2v) is 7.79. The van der Waals surface area contributed by atoms with Crippen LogP contribution < -0.4 is 0 Å². The third kappa shape index (κ3) is 4.48. The molecule has 6 heteroatoms. The second-order valence-electron chi connectivity index (χ2n) is 7.79. The van der Waals surface area contributed by atoms with Crippen molar-refractivity contribution in [1.82, 2.24) is 14.7 Å². The van der Waals surface area contributed by atoms with Gasteiger partial charge in [-0.15, -0.1) is 0 Å². The number of aliphatic hydroxyl groups excluding tert-OH is 1. The molecule has 0 aromatic carbocycles. The Bertz CT molecular complexity index is 414. The number of likely N-dealkylation sites (N-methyl/N-ethyl adjacent to an activating group) is 1. The molecule has 0 aliphatic carbocycles. The largest absolute Gasteiger partial charge is 0.396 e. The molecular weight excluding hydrogens is 306 g/mol. The molecule has 3 rings (SSSR count). The van der Waals surface area contributed by atoms with Crippen LogP contribution in [0, 0.1) is 17.8 Å². The van der Waals surface area contributed by atoms with Crippen LogP contribution in [0.5, 0.6) is 0 Å². The Morgan fingerprint density at radius 2 is 1.83 bits per heavy atom. The molecule has 2 atom stereocenters. The van der Waals surface area contributed by atoms with Crippen molar-refractivity contribution < 1.29 is 14.6 Å². The lowest BCUT2D eigenvalue weighted by Gasteiger charge is -2.27. The number of likely N-dealkylation sites (tertiary alicyclic amines) is 1. The quantitative estimate of drug-likeness (QED) is 0.788.